The molecule has 0 aliphatic carbocycles. The van der Waals surface area contributed by atoms with E-state index in [4.69, 9.17) is 4.98 Å². The minimum atomic E-state index is -0.0664. The highest BCUT2D eigenvalue weighted by Gasteiger charge is 2.08. The van der Waals surface area contributed by atoms with Gasteiger partial charge in [0.25, 0.3) is 0 Å². The van der Waals surface area contributed by atoms with Crippen molar-refractivity contribution in [2.24, 2.45) is 0 Å². The van der Waals surface area contributed by atoms with Crippen LogP contribution in [0.1, 0.15) is 12.5 Å². The van der Waals surface area contributed by atoms with E-state index in [1.807, 2.05) is 36.4 Å². The Balaban J connectivity index is 1.88. The fourth-order valence-corrected chi connectivity index (χ4v) is 3.19. The van der Waals surface area contributed by atoms with Crippen molar-refractivity contribution in [2.45, 2.75) is 13.8 Å². The van der Waals surface area contributed by atoms with Crippen LogP contribution in [0, 0.1) is 6.92 Å². The first-order valence-electron chi connectivity index (χ1n) is 7.03. The quantitative estimate of drug-likeness (QED) is 0.759. The van der Waals surface area contributed by atoms with Gasteiger partial charge >= 0.3 is 0 Å². The van der Waals surface area contributed by atoms with Crippen LogP contribution in [-0.2, 0) is 4.79 Å². The average molecular weight is 308 g/mol. The van der Waals surface area contributed by atoms with E-state index in [0.29, 0.717) is 0 Å². The van der Waals surface area contributed by atoms with E-state index in [1.165, 1.54) is 18.1 Å². The monoisotopic (exact) mass is 308 g/mol. The minimum absolute atomic E-state index is 0.0664. The Hall–Kier alpha value is -2.46. The number of nitrogens with zero attached hydrogens (tertiary/aromatic N) is 1. The Kier molecular flexibility index (Phi) is 4.02. The zero-order valence-corrected chi connectivity index (χ0v) is 13.3. The summed E-state index contributed by atoms with van der Waals surface area (Å²) >= 11 is 1.65. The van der Waals surface area contributed by atoms with Gasteiger partial charge in [-0.1, -0.05) is 36.4 Å². The third-order valence-electron chi connectivity index (χ3n) is 3.38. The maximum Gasteiger partial charge on any atom is 0.221 e. The first kappa shape index (κ1) is 14.5. The zero-order chi connectivity index (χ0) is 15.5. The number of hydrogen-bond acceptors (Lipinski definition) is 3. The van der Waals surface area contributed by atoms with Crippen molar-refractivity contribution in [2.75, 3.05) is 5.32 Å². The standard InChI is InChI=1S/C18H16N2OS/c1-12-5-3-4-6-16(12)18-20-17(11-22-18)14-7-9-15(10-8-14)19-13(2)21/h3-11H,1-2H3,(H,19,21). The summed E-state index contributed by atoms with van der Waals surface area (Å²) in [6.07, 6.45) is 0. The largest absolute Gasteiger partial charge is 0.326 e. The second kappa shape index (κ2) is 6.12. The predicted octanol–water partition coefficient (Wildman–Crippen LogP) is 4.74. The van der Waals surface area contributed by atoms with E-state index in [9.17, 15) is 4.79 Å². The van der Waals surface area contributed by atoms with Crippen LogP contribution in [-0.4, -0.2) is 10.9 Å². The molecule has 0 aliphatic heterocycles. The molecule has 3 rings (SSSR count). The Morgan fingerprint density at radius 3 is 2.50 bits per heavy atom. The maximum atomic E-state index is 11.0. The number of benzene rings is 2. The molecular weight excluding hydrogens is 292 g/mol. The fourth-order valence-electron chi connectivity index (χ4n) is 2.27. The van der Waals surface area contributed by atoms with Crippen LogP contribution in [0.3, 0.4) is 0 Å². The molecule has 0 radical (unpaired) electrons. The highest BCUT2D eigenvalue weighted by Crippen LogP contribution is 2.31. The second-order valence-electron chi connectivity index (χ2n) is 5.11. The van der Waals surface area contributed by atoms with E-state index in [2.05, 4.69) is 29.8 Å². The molecular formula is C18H16N2OS. The number of anilines is 1. The molecule has 4 heteroatoms. The molecule has 0 unspecified atom stereocenters. The number of aromatic nitrogens is 1. The summed E-state index contributed by atoms with van der Waals surface area (Å²) in [7, 11) is 0. The van der Waals surface area contributed by atoms with Crippen molar-refractivity contribution < 1.29 is 4.79 Å². The normalized spacial score (nSPS) is 10.5. The summed E-state index contributed by atoms with van der Waals surface area (Å²) in [6, 6.07) is 16.0. The third kappa shape index (κ3) is 3.07. The molecule has 0 aliphatic rings. The van der Waals surface area contributed by atoms with Crippen LogP contribution < -0.4 is 5.32 Å². The van der Waals surface area contributed by atoms with Gasteiger partial charge in [0.15, 0.2) is 0 Å². The Morgan fingerprint density at radius 1 is 1.09 bits per heavy atom. The minimum Gasteiger partial charge on any atom is -0.326 e. The van der Waals surface area contributed by atoms with Gasteiger partial charge < -0.3 is 5.32 Å². The molecule has 3 nitrogen and oxygen atoms in total. The number of carbonyl (C=O) groups excluding carboxylic acids is 1. The highest BCUT2D eigenvalue weighted by molar-refractivity contribution is 7.13. The van der Waals surface area contributed by atoms with Crippen LogP contribution in [0.25, 0.3) is 21.8 Å². The van der Waals surface area contributed by atoms with Gasteiger partial charge in [0.1, 0.15) is 5.01 Å². The van der Waals surface area contributed by atoms with Gasteiger partial charge in [0, 0.05) is 29.1 Å². The van der Waals surface area contributed by atoms with Gasteiger partial charge in [0.2, 0.25) is 5.91 Å². The second-order valence-corrected chi connectivity index (χ2v) is 5.97. The summed E-state index contributed by atoms with van der Waals surface area (Å²) in [6.45, 7) is 3.60. The van der Waals surface area contributed by atoms with E-state index < -0.39 is 0 Å². The maximum absolute atomic E-state index is 11.0. The topological polar surface area (TPSA) is 42.0 Å². The molecule has 0 atom stereocenters. The van der Waals surface area contributed by atoms with E-state index in [1.54, 1.807) is 11.3 Å². The molecule has 0 saturated carbocycles. The first-order valence-corrected chi connectivity index (χ1v) is 7.91. The first-order chi connectivity index (χ1) is 10.6. The van der Waals surface area contributed by atoms with Gasteiger partial charge in [-0.15, -0.1) is 11.3 Å². The number of rotatable bonds is 3. The summed E-state index contributed by atoms with van der Waals surface area (Å²) < 4.78 is 0. The number of aryl methyl sites for hydroxylation is 1. The smallest absolute Gasteiger partial charge is 0.221 e. The van der Waals surface area contributed by atoms with Crippen molar-refractivity contribution in [3.8, 4) is 21.8 Å². The zero-order valence-electron chi connectivity index (χ0n) is 12.5. The Morgan fingerprint density at radius 2 is 1.82 bits per heavy atom. The third-order valence-corrected chi connectivity index (χ3v) is 4.26. The van der Waals surface area contributed by atoms with Crippen molar-refractivity contribution in [1.82, 2.24) is 4.98 Å². The molecule has 2 aromatic carbocycles. The van der Waals surface area contributed by atoms with Crippen LogP contribution in [0.2, 0.25) is 0 Å². The fraction of sp³-hybridized carbons (Fsp3) is 0.111. The van der Waals surface area contributed by atoms with Crippen molar-refractivity contribution in [3.63, 3.8) is 0 Å². The van der Waals surface area contributed by atoms with E-state index in [-0.39, 0.29) is 5.91 Å². The number of carbonyl (C=O) groups is 1. The molecule has 1 amide bonds. The lowest BCUT2D eigenvalue weighted by Crippen LogP contribution is -2.05. The van der Waals surface area contributed by atoms with Gasteiger partial charge in [0.05, 0.1) is 5.69 Å². The van der Waals surface area contributed by atoms with Gasteiger partial charge in [-0.2, -0.15) is 0 Å². The highest BCUT2D eigenvalue weighted by atomic mass is 32.1. The van der Waals surface area contributed by atoms with Crippen molar-refractivity contribution in [3.05, 3.63) is 59.5 Å². The van der Waals surface area contributed by atoms with E-state index >= 15 is 0 Å². The molecule has 0 saturated heterocycles. The van der Waals surface area contributed by atoms with Crippen molar-refractivity contribution >= 4 is 22.9 Å². The summed E-state index contributed by atoms with van der Waals surface area (Å²) in [5.41, 5.74) is 5.20. The summed E-state index contributed by atoms with van der Waals surface area (Å²) in [5, 5.41) is 5.86. The average Bonchev–Trinajstić information content (AvgIpc) is 2.97. The molecule has 0 spiro atoms. The van der Waals surface area contributed by atoms with Gasteiger partial charge in [-0.25, -0.2) is 4.98 Å². The molecule has 3 aromatic rings. The molecule has 0 bridgehead atoms. The lowest BCUT2D eigenvalue weighted by Gasteiger charge is -2.03. The Bertz CT molecular complexity index is 806. The summed E-state index contributed by atoms with van der Waals surface area (Å²) in [4.78, 5) is 15.8. The molecule has 1 heterocycles. The van der Waals surface area contributed by atoms with Crippen LogP contribution in [0.15, 0.2) is 53.9 Å². The molecule has 1 aromatic heterocycles. The molecule has 22 heavy (non-hydrogen) atoms. The number of amides is 1. The SMILES string of the molecule is CC(=O)Nc1ccc(-c2csc(-c3ccccc3C)n2)cc1. The number of hydrogen-bond donors (Lipinski definition) is 1. The Labute approximate surface area is 133 Å². The van der Waals surface area contributed by atoms with Crippen molar-refractivity contribution in [1.29, 1.82) is 0 Å². The van der Waals surface area contributed by atoms with Crippen LogP contribution in [0.5, 0.6) is 0 Å². The molecule has 110 valence electrons. The molecule has 1 N–H and O–H groups in total. The van der Waals surface area contributed by atoms with Crippen LogP contribution >= 0.6 is 11.3 Å². The van der Waals surface area contributed by atoms with E-state index in [0.717, 1.165) is 22.0 Å². The summed E-state index contributed by atoms with van der Waals surface area (Å²) in [5.74, 6) is -0.0664. The van der Waals surface area contributed by atoms with Gasteiger partial charge in [-0.05, 0) is 24.6 Å². The number of nitrogens with one attached hydrogen (secondary N) is 1. The van der Waals surface area contributed by atoms with Gasteiger partial charge in [-0.3, -0.25) is 4.79 Å². The predicted molar refractivity (Wildman–Crippen MR) is 92.0 cm³/mol. The lowest BCUT2D eigenvalue weighted by molar-refractivity contribution is -0.114. The lowest BCUT2D eigenvalue weighted by atomic mass is 10.1. The number of thiazole rings is 1. The van der Waals surface area contributed by atoms with Crippen LogP contribution in [0.4, 0.5) is 5.69 Å². The molecule has 0 fully saturated rings.